The molecule has 1 aliphatic rings. The summed E-state index contributed by atoms with van der Waals surface area (Å²) < 4.78 is 10.4. The fourth-order valence-corrected chi connectivity index (χ4v) is 2.27. The molecule has 0 aromatic rings. The van der Waals surface area contributed by atoms with E-state index in [0.717, 1.165) is 4.90 Å². The normalized spacial score (nSPS) is 21.1. The van der Waals surface area contributed by atoms with E-state index in [9.17, 15) is 14.4 Å². The van der Waals surface area contributed by atoms with Gasteiger partial charge >= 0.3 is 12.1 Å². The highest BCUT2D eigenvalue weighted by Crippen LogP contribution is 2.30. The fourth-order valence-electron chi connectivity index (χ4n) is 2.27. The minimum Gasteiger partial charge on any atom is -0.464 e. The predicted octanol–water partition coefficient (Wildman–Crippen LogP) is 2.32. The van der Waals surface area contributed by atoms with Crippen molar-refractivity contribution in [2.45, 2.75) is 52.7 Å². The molecule has 0 fully saturated rings. The molecule has 6 heteroatoms. The maximum atomic E-state index is 12.7. The zero-order valence-electron chi connectivity index (χ0n) is 14.1. The van der Waals surface area contributed by atoms with Crippen molar-refractivity contribution in [3.05, 3.63) is 12.2 Å². The van der Waals surface area contributed by atoms with Crippen LogP contribution in [0.2, 0.25) is 0 Å². The van der Waals surface area contributed by atoms with Crippen LogP contribution in [0.5, 0.6) is 0 Å². The van der Waals surface area contributed by atoms with Crippen molar-refractivity contribution in [2.24, 2.45) is 5.92 Å². The Morgan fingerprint density at radius 2 is 1.86 bits per heavy atom. The first kappa shape index (κ1) is 18.2. The number of esters is 1. The molecule has 0 radical (unpaired) electrons. The van der Waals surface area contributed by atoms with Gasteiger partial charge < -0.3 is 9.47 Å². The van der Waals surface area contributed by atoms with Gasteiger partial charge in [0.2, 0.25) is 5.54 Å². The minimum absolute atomic E-state index is 0.127. The van der Waals surface area contributed by atoms with E-state index in [-0.39, 0.29) is 18.9 Å². The molecule has 1 rings (SSSR count). The molecule has 0 aliphatic carbocycles. The Bertz CT molecular complexity index is 489. The number of ether oxygens (including phenoxy) is 2. The zero-order valence-corrected chi connectivity index (χ0v) is 14.1. The van der Waals surface area contributed by atoms with Crippen molar-refractivity contribution >= 4 is 17.8 Å². The molecule has 0 aromatic heterocycles. The third-order valence-electron chi connectivity index (χ3n) is 3.17. The summed E-state index contributed by atoms with van der Waals surface area (Å²) >= 11 is 0. The summed E-state index contributed by atoms with van der Waals surface area (Å²) in [7, 11) is 0. The first-order valence-corrected chi connectivity index (χ1v) is 7.46. The van der Waals surface area contributed by atoms with Crippen LogP contribution in [0.1, 0.15) is 41.5 Å². The average Bonchev–Trinajstić information content (AvgIpc) is 2.81. The van der Waals surface area contributed by atoms with E-state index < -0.39 is 29.1 Å². The molecule has 0 saturated heterocycles. The van der Waals surface area contributed by atoms with Crippen molar-refractivity contribution in [1.29, 1.82) is 0 Å². The van der Waals surface area contributed by atoms with Crippen LogP contribution in [0.3, 0.4) is 0 Å². The topological polar surface area (TPSA) is 72.9 Å². The van der Waals surface area contributed by atoms with Crippen LogP contribution in [-0.2, 0) is 19.1 Å². The summed E-state index contributed by atoms with van der Waals surface area (Å²) in [6.07, 6.45) is 2.35. The van der Waals surface area contributed by atoms with Crippen molar-refractivity contribution in [3.63, 3.8) is 0 Å². The molecule has 0 N–H and O–H groups in total. The van der Waals surface area contributed by atoms with Crippen LogP contribution in [-0.4, -0.2) is 47.0 Å². The zero-order chi connectivity index (χ0) is 17.1. The molecule has 0 spiro atoms. The Morgan fingerprint density at radius 3 is 2.32 bits per heavy atom. The average molecular weight is 311 g/mol. The van der Waals surface area contributed by atoms with Gasteiger partial charge in [0.1, 0.15) is 5.60 Å². The largest absolute Gasteiger partial charge is 0.464 e. The molecule has 1 aliphatic heterocycles. The Balaban J connectivity index is 3.23. The number of nitrogens with zero attached hydrogens (tertiary/aromatic N) is 1. The van der Waals surface area contributed by atoms with Crippen molar-refractivity contribution in [3.8, 4) is 0 Å². The summed E-state index contributed by atoms with van der Waals surface area (Å²) in [6, 6.07) is 0. The molecule has 6 nitrogen and oxygen atoms in total. The Morgan fingerprint density at radius 1 is 1.27 bits per heavy atom. The van der Waals surface area contributed by atoms with E-state index in [0.29, 0.717) is 0 Å². The molecule has 0 aromatic carbocycles. The second-order valence-electron chi connectivity index (χ2n) is 6.50. The van der Waals surface area contributed by atoms with Crippen molar-refractivity contribution in [2.75, 3.05) is 13.2 Å². The number of carbonyl (C=O) groups is 3. The first-order chi connectivity index (χ1) is 10.1. The van der Waals surface area contributed by atoms with Gasteiger partial charge in [0, 0.05) is 12.5 Å². The summed E-state index contributed by atoms with van der Waals surface area (Å²) in [5.41, 5.74) is -2.45. The monoisotopic (exact) mass is 311 g/mol. The Hall–Kier alpha value is -1.85. The van der Waals surface area contributed by atoms with Gasteiger partial charge in [0.15, 0.2) is 5.78 Å². The van der Waals surface area contributed by atoms with E-state index in [4.69, 9.17) is 9.47 Å². The van der Waals surface area contributed by atoms with E-state index in [2.05, 4.69) is 0 Å². The van der Waals surface area contributed by atoms with Crippen LogP contribution in [0, 0.1) is 5.92 Å². The number of Topliss-reactive ketones (excluding diaryl/α,β-unsaturated/α-hetero) is 1. The molecule has 124 valence electrons. The molecule has 1 heterocycles. The number of amides is 1. The lowest BCUT2D eigenvalue weighted by Gasteiger charge is -2.36. The van der Waals surface area contributed by atoms with E-state index in [1.807, 2.05) is 0 Å². The highest BCUT2D eigenvalue weighted by Gasteiger charge is 2.55. The number of hydrogen-bond acceptors (Lipinski definition) is 5. The molecule has 1 atom stereocenters. The maximum absolute atomic E-state index is 12.7. The number of rotatable bonds is 4. The van der Waals surface area contributed by atoms with Gasteiger partial charge in [-0.1, -0.05) is 19.9 Å². The lowest BCUT2D eigenvalue weighted by Crippen LogP contribution is -2.61. The third kappa shape index (κ3) is 3.48. The molecular weight excluding hydrogens is 286 g/mol. The van der Waals surface area contributed by atoms with E-state index >= 15 is 0 Å². The Kier molecular flexibility index (Phi) is 5.38. The molecule has 1 amide bonds. The van der Waals surface area contributed by atoms with Gasteiger partial charge in [-0.15, -0.1) is 0 Å². The molecular formula is C16H25NO5. The van der Waals surface area contributed by atoms with Crippen LogP contribution >= 0.6 is 0 Å². The van der Waals surface area contributed by atoms with Crippen LogP contribution in [0.15, 0.2) is 12.2 Å². The highest BCUT2D eigenvalue weighted by molar-refractivity contribution is 6.14. The number of carbonyl (C=O) groups excluding carboxylic acids is 3. The van der Waals surface area contributed by atoms with Gasteiger partial charge in [0.25, 0.3) is 0 Å². The van der Waals surface area contributed by atoms with Gasteiger partial charge in [-0.05, 0) is 33.8 Å². The van der Waals surface area contributed by atoms with Crippen molar-refractivity contribution < 1.29 is 23.9 Å². The second kappa shape index (κ2) is 6.50. The number of ketones is 1. The van der Waals surface area contributed by atoms with Gasteiger partial charge in [0.05, 0.1) is 6.61 Å². The summed E-state index contributed by atoms with van der Waals surface area (Å²) in [6.45, 7) is 10.5. The van der Waals surface area contributed by atoms with Crippen LogP contribution < -0.4 is 0 Å². The van der Waals surface area contributed by atoms with Gasteiger partial charge in [-0.3, -0.25) is 9.69 Å². The summed E-state index contributed by atoms with van der Waals surface area (Å²) in [4.78, 5) is 38.7. The molecule has 1 unspecified atom stereocenters. The lowest BCUT2D eigenvalue weighted by atomic mass is 9.87. The van der Waals surface area contributed by atoms with Gasteiger partial charge in [-0.25, -0.2) is 9.59 Å². The van der Waals surface area contributed by atoms with E-state index in [1.165, 1.54) is 6.08 Å². The fraction of sp³-hybridized carbons (Fsp3) is 0.688. The predicted molar refractivity (Wildman–Crippen MR) is 81.3 cm³/mol. The first-order valence-electron chi connectivity index (χ1n) is 7.46. The molecule has 0 bridgehead atoms. The third-order valence-corrected chi connectivity index (χ3v) is 3.17. The van der Waals surface area contributed by atoms with Crippen molar-refractivity contribution in [1.82, 2.24) is 4.90 Å². The SMILES string of the molecule is CCOC(=O)C1(C(=O)C(C)C)C=CCN1C(=O)OC(C)(C)C. The highest BCUT2D eigenvalue weighted by atomic mass is 16.6. The smallest absolute Gasteiger partial charge is 0.412 e. The molecule has 22 heavy (non-hydrogen) atoms. The maximum Gasteiger partial charge on any atom is 0.412 e. The quantitative estimate of drug-likeness (QED) is 0.452. The second-order valence-corrected chi connectivity index (χ2v) is 6.50. The standard InChI is InChI=1S/C16H25NO5/c1-7-21-13(19)16(12(18)11(2)3)9-8-10-17(16)14(20)22-15(4,5)6/h8-9,11H,7,10H2,1-6H3. The summed E-state index contributed by atoms with van der Waals surface area (Å²) in [5.74, 6) is -1.56. The molecule has 0 saturated carbocycles. The van der Waals surface area contributed by atoms with Crippen LogP contribution in [0.4, 0.5) is 4.79 Å². The Labute approximate surface area is 131 Å². The van der Waals surface area contributed by atoms with Gasteiger partial charge in [-0.2, -0.15) is 0 Å². The van der Waals surface area contributed by atoms with E-state index in [1.54, 1.807) is 47.6 Å². The summed E-state index contributed by atoms with van der Waals surface area (Å²) in [5, 5.41) is 0. The minimum atomic E-state index is -1.73. The number of hydrogen-bond donors (Lipinski definition) is 0. The lowest BCUT2D eigenvalue weighted by molar-refractivity contribution is -0.159. The van der Waals surface area contributed by atoms with Crippen LogP contribution in [0.25, 0.3) is 0 Å².